The van der Waals surface area contributed by atoms with Gasteiger partial charge < -0.3 is 9.47 Å². The summed E-state index contributed by atoms with van der Waals surface area (Å²) in [6.45, 7) is 0.250. The SMILES string of the molecule is Cn1ccnc1CN(C(=O)[C@H]1C[C@@H]1c1ccc(F)cc1)c1ccc2c(c1)[C@@H](NS(=O)(=O)c1ccc(F)cc1)CCC2. The highest BCUT2D eigenvalue weighted by atomic mass is 32.2. The van der Waals surface area contributed by atoms with Crippen LogP contribution in [0.25, 0.3) is 0 Å². The van der Waals surface area contributed by atoms with Crippen molar-refractivity contribution in [1.82, 2.24) is 14.3 Å². The smallest absolute Gasteiger partial charge is 0.241 e. The molecular weight excluding hydrogens is 546 g/mol. The van der Waals surface area contributed by atoms with Gasteiger partial charge in [-0.05, 0) is 96.8 Å². The molecule has 1 amide bonds. The molecule has 1 fully saturated rings. The highest BCUT2D eigenvalue weighted by Crippen LogP contribution is 2.49. The fourth-order valence-corrected chi connectivity index (χ4v) is 6.93. The van der Waals surface area contributed by atoms with Crippen molar-refractivity contribution in [3.05, 3.63) is 113 Å². The highest BCUT2D eigenvalue weighted by Gasteiger charge is 2.46. The van der Waals surface area contributed by atoms with Crippen LogP contribution >= 0.6 is 0 Å². The number of amides is 1. The van der Waals surface area contributed by atoms with Gasteiger partial charge >= 0.3 is 0 Å². The van der Waals surface area contributed by atoms with Crippen LogP contribution in [-0.2, 0) is 34.8 Å². The molecule has 0 aliphatic heterocycles. The van der Waals surface area contributed by atoms with Crippen LogP contribution in [0.3, 0.4) is 0 Å². The van der Waals surface area contributed by atoms with Crippen LogP contribution in [0.15, 0.2) is 84.0 Å². The number of nitrogens with one attached hydrogen (secondary N) is 1. The molecule has 0 radical (unpaired) electrons. The van der Waals surface area contributed by atoms with Crippen molar-refractivity contribution in [2.24, 2.45) is 13.0 Å². The second kappa shape index (κ2) is 10.8. The molecule has 0 spiro atoms. The predicted molar refractivity (Wildman–Crippen MR) is 150 cm³/mol. The summed E-state index contributed by atoms with van der Waals surface area (Å²) in [5.41, 5.74) is 3.44. The number of carbonyl (C=O) groups is 1. The average molecular weight is 577 g/mol. The van der Waals surface area contributed by atoms with Gasteiger partial charge in [-0.15, -0.1) is 0 Å². The molecule has 212 valence electrons. The highest BCUT2D eigenvalue weighted by molar-refractivity contribution is 7.89. The molecule has 1 aromatic heterocycles. The number of hydrogen-bond donors (Lipinski definition) is 1. The van der Waals surface area contributed by atoms with Crippen LogP contribution in [0.4, 0.5) is 14.5 Å². The molecule has 0 bridgehead atoms. The summed E-state index contributed by atoms with van der Waals surface area (Å²) in [5.74, 6) is -0.395. The zero-order chi connectivity index (χ0) is 28.7. The predicted octanol–water partition coefficient (Wildman–Crippen LogP) is 5.39. The topological polar surface area (TPSA) is 84.3 Å². The molecular formula is C31H30F2N4O3S. The fraction of sp³-hybridized carbons (Fsp3) is 0.290. The Morgan fingerprint density at radius 3 is 2.44 bits per heavy atom. The summed E-state index contributed by atoms with van der Waals surface area (Å²) in [6.07, 6.45) is 6.38. The standard InChI is InChI=1S/C31H30F2N4O3S/c1-36-16-15-34-30(36)19-37(31(38)28-18-26(28)21-5-8-22(32)9-6-21)24-12-7-20-3-2-4-29(27(20)17-24)35-41(39,40)25-13-10-23(33)11-14-25/h5-17,26,28-29,35H,2-4,18-19H2,1H3/t26-,28+,29+/m1/s1. The van der Waals surface area contributed by atoms with E-state index >= 15 is 0 Å². The van der Waals surface area contributed by atoms with Gasteiger partial charge in [0.2, 0.25) is 15.9 Å². The van der Waals surface area contributed by atoms with Crippen LogP contribution in [0.2, 0.25) is 0 Å². The maximum absolute atomic E-state index is 14.0. The minimum absolute atomic E-state index is 0.00525. The number of sulfonamides is 1. The van der Waals surface area contributed by atoms with E-state index in [1.54, 1.807) is 23.2 Å². The molecule has 3 aromatic carbocycles. The Kier molecular flexibility index (Phi) is 7.21. The first-order valence-corrected chi connectivity index (χ1v) is 15.1. The molecule has 1 saturated carbocycles. The van der Waals surface area contributed by atoms with Crippen molar-refractivity contribution < 1.29 is 22.0 Å². The fourth-order valence-electron chi connectivity index (χ4n) is 5.68. The van der Waals surface area contributed by atoms with Crippen molar-refractivity contribution in [3.8, 4) is 0 Å². The first-order valence-electron chi connectivity index (χ1n) is 13.6. The Hall–Kier alpha value is -3.89. The first kappa shape index (κ1) is 27.3. The minimum Gasteiger partial charge on any atom is -0.337 e. The Bertz CT molecular complexity index is 1690. The van der Waals surface area contributed by atoms with Crippen LogP contribution in [0.1, 0.15) is 53.7 Å². The van der Waals surface area contributed by atoms with Gasteiger partial charge in [-0.25, -0.2) is 26.9 Å². The average Bonchev–Trinajstić information content (AvgIpc) is 3.66. The summed E-state index contributed by atoms with van der Waals surface area (Å²) in [6, 6.07) is 16.3. The Morgan fingerprint density at radius 1 is 1.05 bits per heavy atom. The van der Waals surface area contributed by atoms with Gasteiger partial charge in [0, 0.05) is 37.1 Å². The maximum atomic E-state index is 14.0. The van der Waals surface area contributed by atoms with Crippen molar-refractivity contribution in [2.45, 2.75) is 49.1 Å². The lowest BCUT2D eigenvalue weighted by Gasteiger charge is -2.29. The summed E-state index contributed by atoms with van der Waals surface area (Å²) in [7, 11) is -2.03. The number of hydrogen-bond acceptors (Lipinski definition) is 4. The van der Waals surface area contributed by atoms with Crippen LogP contribution < -0.4 is 9.62 Å². The maximum Gasteiger partial charge on any atom is 0.241 e. The van der Waals surface area contributed by atoms with Crippen molar-refractivity contribution in [1.29, 1.82) is 0 Å². The molecule has 1 N–H and O–H groups in total. The number of benzene rings is 3. The molecule has 1 heterocycles. The normalized spacial score (nSPS) is 19.9. The monoisotopic (exact) mass is 576 g/mol. The van der Waals surface area contributed by atoms with E-state index < -0.39 is 21.9 Å². The third-order valence-electron chi connectivity index (χ3n) is 8.07. The van der Waals surface area contributed by atoms with E-state index in [4.69, 9.17) is 0 Å². The second-order valence-corrected chi connectivity index (χ2v) is 12.5. The number of anilines is 1. The zero-order valence-electron chi connectivity index (χ0n) is 22.5. The van der Waals surface area contributed by atoms with Crippen molar-refractivity contribution >= 4 is 21.6 Å². The third kappa shape index (κ3) is 5.67. The number of aromatic nitrogens is 2. The van der Waals surface area contributed by atoms with E-state index in [2.05, 4.69) is 9.71 Å². The Morgan fingerprint density at radius 2 is 1.76 bits per heavy atom. The van der Waals surface area contributed by atoms with Crippen molar-refractivity contribution in [3.63, 3.8) is 0 Å². The summed E-state index contributed by atoms with van der Waals surface area (Å²) in [4.78, 5) is 20.1. The van der Waals surface area contributed by atoms with Crippen LogP contribution in [0.5, 0.6) is 0 Å². The number of aryl methyl sites for hydroxylation is 2. The van der Waals surface area contributed by atoms with Crippen molar-refractivity contribution in [2.75, 3.05) is 4.90 Å². The van der Waals surface area contributed by atoms with Gasteiger partial charge in [0.05, 0.1) is 11.4 Å². The van der Waals surface area contributed by atoms with Gasteiger partial charge in [0.1, 0.15) is 17.5 Å². The lowest BCUT2D eigenvalue weighted by molar-refractivity contribution is -0.120. The number of carbonyl (C=O) groups excluding carboxylic acids is 1. The molecule has 0 saturated heterocycles. The molecule has 2 aliphatic rings. The van der Waals surface area contributed by atoms with E-state index in [1.807, 2.05) is 36.0 Å². The van der Waals surface area contributed by atoms with Crippen LogP contribution in [0, 0.1) is 17.6 Å². The quantitative estimate of drug-likeness (QED) is 0.305. The number of rotatable bonds is 8. The first-order chi connectivity index (χ1) is 19.7. The van der Waals surface area contributed by atoms with E-state index in [9.17, 15) is 22.0 Å². The molecule has 2 aliphatic carbocycles. The molecule has 0 unspecified atom stereocenters. The summed E-state index contributed by atoms with van der Waals surface area (Å²) < 4.78 is 57.9. The van der Waals surface area contributed by atoms with Gasteiger partial charge in [0.25, 0.3) is 0 Å². The molecule has 10 heteroatoms. The third-order valence-corrected chi connectivity index (χ3v) is 9.56. The van der Waals surface area contributed by atoms with Gasteiger partial charge in [0.15, 0.2) is 0 Å². The molecule has 41 heavy (non-hydrogen) atoms. The minimum atomic E-state index is -3.90. The molecule has 4 aromatic rings. The largest absolute Gasteiger partial charge is 0.337 e. The van der Waals surface area contributed by atoms with Gasteiger partial charge in [-0.3, -0.25) is 4.79 Å². The van der Waals surface area contributed by atoms with Crippen LogP contribution in [-0.4, -0.2) is 23.9 Å². The van der Waals surface area contributed by atoms with E-state index in [1.165, 1.54) is 24.3 Å². The Labute approximate surface area is 237 Å². The number of imidazole rings is 1. The summed E-state index contributed by atoms with van der Waals surface area (Å²) >= 11 is 0. The van der Waals surface area contributed by atoms with E-state index in [0.29, 0.717) is 24.4 Å². The summed E-state index contributed by atoms with van der Waals surface area (Å²) in [5, 5.41) is 0. The molecule has 3 atom stereocenters. The lowest BCUT2D eigenvalue weighted by atomic mass is 9.87. The Balaban J connectivity index is 1.31. The van der Waals surface area contributed by atoms with E-state index in [0.717, 1.165) is 41.7 Å². The lowest BCUT2D eigenvalue weighted by Crippen LogP contribution is -2.34. The number of nitrogens with zero attached hydrogens (tertiary/aromatic N) is 3. The van der Waals surface area contributed by atoms with E-state index in [-0.39, 0.29) is 35.0 Å². The van der Waals surface area contributed by atoms with Gasteiger partial charge in [-0.1, -0.05) is 18.2 Å². The second-order valence-electron chi connectivity index (χ2n) is 10.8. The van der Waals surface area contributed by atoms with Gasteiger partial charge in [-0.2, -0.15) is 0 Å². The zero-order valence-corrected chi connectivity index (χ0v) is 23.3. The molecule has 6 rings (SSSR count). The molecule has 7 nitrogen and oxygen atoms in total. The number of halogens is 2. The number of fused-ring (bicyclic) bond motifs is 1.